The molecule has 1 aromatic rings. The number of carbonyl (C=O) groups excluding carboxylic acids is 1. The molecule has 0 unspecified atom stereocenters. The summed E-state index contributed by atoms with van der Waals surface area (Å²) in [7, 11) is 0. The fraction of sp³-hybridized carbons (Fsp3) is 0.667. The van der Waals surface area contributed by atoms with Crippen molar-refractivity contribution in [1.29, 1.82) is 0 Å². The van der Waals surface area contributed by atoms with Gasteiger partial charge < -0.3 is 10.1 Å². The molecule has 5 heteroatoms. The fourth-order valence-corrected chi connectivity index (χ4v) is 2.51. The minimum atomic E-state index is -0.0798. The third kappa shape index (κ3) is 3.92. The minimum absolute atomic E-state index is 0.000398. The first-order valence-electron chi connectivity index (χ1n) is 7.29. The summed E-state index contributed by atoms with van der Waals surface area (Å²) in [5, 5.41) is 11.0. The molecule has 1 aliphatic rings. The summed E-state index contributed by atoms with van der Waals surface area (Å²) in [6, 6.07) is 2.09. The van der Waals surface area contributed by atoms with Crippen LogP contribution in [0.3, 0.4) is 0 Å². The lowest BCUT2D eigenvalue weighted by atomic mass is 9.86. The topological polar surface area (TPSA) is 64.1 Å². The van der Waals surface area contributed by atoms with E-state index in [9.17, 15) is 4.79 Å². The van der Waals surface area contributed by atoms with Crippen LogP contribution in [-0.2, 0) is 4.79 Å². The lowest BCUT2D eigenvalue weighted by molar-refractivity contribution is -0.124. The number of aromatic nitrogens is 2. The van der Waals surface area contributed by atoms with Crippen molar-refractivity contribution in [1.82, 2.24) is 15.5 Å². The van der Waals surface area contributed by atoms with E-state index in [-0.39, 0.29) is 18.6 Å². The molecule has 1 amide bonds. The van der Waals surface area contributed by atoms with Crippen LogP contribution in [0.1, 0.15) is 43.9 Å². The molecule has 110 valence electrons. The zero-order chi connectivity index (χ0) is 14.5. The number of nitrogens with zero attached hydrogens (tertiary/aromatic N) is 2. The summed E-state index contributed by atoms with van der Waals surface area (Å²) in [5.41, 5.74) is 1.88. The van der Waals surface area contributed by atoms with Crippen molar-refractivity contribution < 1.29 is 9.53 Å². The number of rotatable bonds is 4. The average molecular weight is 277 g/mol. The van der Waals surface area contributed by atoms with Gasteiger partial charge in [0.1, 0.15) is 0 Å². The van der Waals surface area contributed by atoms with Crippen molar-refractivity contribution in [2.45, 2.75) is 52.5 Å². The van der Waals surface area contributed by atoms with Gasteiger partial charge in [-0.15, -0.1) is 5.10 Å². The Morgan fingerprint density at radius 2 is 2.10 bits per heavy atom. The van der Waals surface area contributed by atoms with Gasteiger partial charge in [-0.25, -0.2) is 0 Å². The normalized spacial score (nSPS) is 22.4. The van der Waals surface area contributed by atoms with Gasteiger partial charge in [-0.2, -0.15) is 5.10 Å². The first-order chi connectivity index (χ1) is 9.56. The van der Waals surface area contributed by atoms with E-state index in [4.69, 9.17) is 4.74 Å². The Hall–Kier alpha value is -1.65. The predicted octanol–water partition coefficient (Wildman–Crippen LogP) is 2.17. The first-order valence-corrected chi connectivity index (χ1v) is 7.29. The second-order valence-electron chi connectivity index (χ2n) is 5.68. The third-order valence-corrected chi connectivity index (χ3v) is 4.02. The Morgan fingerprint density at radius 3 is 2.80 bits per heavy atom. The number of hydrogen-bond acceptors (Lipinski definition) is 4. The maximum absolute atomic E-state index is 11.9. The number of carbonyl (C=O) groups is 1. The lowest BCUT2D eigenvalue weighted by Gasteiger charge is -2.29. The third-order valence-electron chi connectivity index (χ3n) is 4.02. The van der Waals surface area contributed by atoms with Gasteiger partial charge in [-0.3, -0.25) is 4.79 Å². The highest BCUT2D eigenvalue weighted by Crippen LogP contribution is 2.23. The highest BCUT2D eigenvalue weighted by molar-refractivity contribution is 5.77. The number of nitrogens with one attached hydrogen (secondary N) is 1. The van der Waals surface area contributed by atoms with E-state index >= 15 is 0 Å². The summed E-state index contributed by atoms with van der Waals surface area (Å²) in [6.07, 6.45) is 4.71. The number of hydrogen-bond donors (Lipinski definition) is 1. The zero-order valence-corrected chi connectivity index (χ0v) is 12.5. The van der Waals surface area contributed by atoms with E-state index in [1.807, 2.05) is 13.8 Å². The summed E-state index contributed by atoms with van der Waals surface area (Å²) in [5.74, 6) is 0.873. The Morgan fingerprint density at radius 1 is 1.35 bits per heavy atom. The summed E-state index contributed by atoms with van der Waals surface area (Å²) < 4.78 is 5.39. The molecule has 0 bridgehead atoms. The van der Waals surface area contributed by atoms with Gasteiger partial charge in [0.2, 0.25) is 5.88 Å². The minimum Gasteiger partial charge on any atom is -0.466 e. The Balaban J connectivity index is 1.81. The van der Waals surface area contributed by atoms with Gasteiger partial charge >= 0.3 is 0 Å². The maximum Gasteiger partial charge on any atom is 0.258 e. The van der Waals surface area contributed by atoms with Gasteiger partial charge in [0.05, 0.1) is 5.69 Å². The molecule has 1 N–H and O–H groups in total. The molecule has 0 radical (unpaired) electrons. The molecule has 1 aliphatic carbocycles. The predicted molar refractivity (Wildman–Crippen MR) is 76.6 cm³/mol. The average Bonchev–Trinajstić information content (AvgIpc) is 2.43. The van der Waals surface area contributed by atoms with Crippen LogP contribution in [0.25, 0.3) is 0 Å². The van der Waals surface area contributed by atoms with E-state index in [0.29, 0.717) is 11.8 Å². The quantitative estimate of drug-likeness (QED) is 0.916. The van der Waals surface area contributed by atoms with Crippen LogP contribution < -0.4 is 10.1 Å². The molecule has 5 nitrogen and oxygen atoms in total. The van der Waals surface area contributed by atoms with Crippen molar-refractivity contribution in [3.63, 3.8) is 0 Å². The SMILES string of the molecule is Cc1cc(OCC(=O)N[C@@H]2CCCC[C@@H]2C)nnc1C. The van der Waals surface area contributed by atoms with Crippen LogP contribution >= 0.6 is 0 Å². The fourth-order valence-electron chi connectivity index (χ4n) is 2.51. The van der Waals surface area contributed by atoms with Crippen molar-refractivity contribution in [3.8, 4) is 5.88 Å². The van der Waals surface area contributed by atoms with Crippen molar-refractivity contribution in [2.75, 3.05) is 6.61 Å². The van der Waals surface area contributed by atoms with Crippen LogP contribution in [0.4, 0.5) is 0 Å². The van der Waals surface area contributed by atoms with Crippen molar-refractivity contribution >= 4 is 5.91 Å². The van der Waals surface area contributed by atoms with Gasteiger partial charge in [0, 0.05) is 12.1 Å². The number of ether oxygens (including phenoxy) is 1. The van der Waals surface area contributed by atoms with E-state index < -0.39 is 0 Å². The standard InChI is InChI=1S/C15H23N3O2/c1-10-6-4-5-7-13(10)16-14(19)9-20-15-8-11(2)12(3)17-18-15/h8,10,13H,4-7,9H2,1-3H3,(H,16,19)/t10-,13+/m0/s1. The molecular weight excluding hydrogens is 254 g/mol. The van der Waals surface area contributed by atoms with Gasteiger partial charge in [-0.1, -0.05) is 19.8 Å². The number of amides is 1. The molecule has 2 atom stereocenters. The molecule has 1 fully saturated rings. The van der Waals surface area contributed by atoms with Crippen LogP contribution in [0, 0.1) is 19.8 Å². The Kier molecular flexibility index (Phi) is 4.93. The highest BCUT2D eigenvalue weighted by Gasteiger charge is 2.22. The molecule has 0 aromatic carbocycles. The van der Waals surface area contributed by atoms with Gasteiger partial charge in [-0.05, 0) is 38.2 Å². The summed E-state index contributed by atoms with van der Waals surface area (Å²) in [4.78, 5) is 11.9. The van der Waals surface area contributed by atoms with Crippen LogP contribution in [0.5, 0.6) is 5.88 Å². The second-order valence-corrected chi connectivity index (χ2v) is 5.68. The summed E-state index contributed by atoms with van der Waals surface area (Å²) >= 11 is 0. The van der Waals surface area contributed by atoms with E-state index in [2.05, 4.69) is 22.4 Å². The van der Waals surface area contributed by atoms with Crippen molar-refractivity contribution in [3.05, 3.63) is 17.3 Å². The largest absolute Gasteiger partial charge is 0.466 e. The Bertz CT molecular complexity index is 476. The first kappa shape index (κ1) is 14.8. The molecule has 0 saturated heterocycles. The lowest BCUT2D eigenvalue weighted by Crippen LogP contribution is -2.43. The van der Waals surface area contributed by atoms with E-state index in [0.717, 1.165) is 17.7 Å². The van der Waals surface area contributed by atoms with Crippen LogP contribution in [-0.4, -0.2) is 28.8 Å². The molecule has 20 heavy (non-hydrogen) atoms. The zero-order valence-electron chi connectivity index (χ0n) is 12.5. The monoisotopic (exact) mass is 277 g/mol. The molecule has 0 aliphatic heterocycles. The maximum atomic E-state index is 11.9. The molecule has 1 aromatic heterocycles. The molecule has 0 spiro atoms. The van der Waals surface area contributed by atoms with E-state index in [1.165, 1.54) is 19.3 Å². The summed E-state index contributed by atoms with van der Waals surface area (Å²) in [6.45, 7) is 6.03. The highest BCUT2D eigenvalue weighted by atomic mass is 16.5. The molecule has 1 saturated carbocycles. The van der Waals surface area contributed by atoms with E-state index in [1.54, 1.807) is 6.07 Å². The molecular formula is C15H23N3O2. The molecule has 1 heterocycles. The van der Waals surface area contributed by atoms with Crippen molar-refractivity contribution in [2.24, 2.45) is 5.92 Å². The van der Waals surface area contributed by atoms with Gasteiger partial charge in [0.25, 0.3) is 5.91 Å². The smallest absolute Gasteiger partial charge is 0.258 e. The van der Waals surface area contributed by atoms with Gasteiger partial charge in [0.15, 0.2) is 6.61 Å². The Labute approximate surface area is 120 Å². The second kappa shape index (κ2) is 6.68. The number of aryl methyl sites for hydroxylation is 2. The van der Waals surface area contributed by atoms with Crippen LogP contribution in [0.2, 0.25) is 0 Å². The van der Waals surface area contributed by atoms with Crippen LogP contribution in [0.15, 0.2) is 6.07 Å². The molecule has 2 rings (SSSR count).